The number of aryl methyl sites for hydroxylation is 1. The fraction of sp³-hybridized carbons (Fsp3) is 0.111. The smallest absolute Gasteiger partial charge is 0.352 e. The summed E-state index contributed by atoms with van der Waals surface area (Å²) in [6.45, 7) is 1.76. The Morgan fingerprint density at radius 1 is 1.64 bits per heavy atom. The maximum atomic E-state index is 10.8. The minimum Gasteiger partial charge on any atom is -0.477 e. The molecular weight excluding hydrogens is 200 g/mol. The summed E-state index contributed by atoms with van der Waals surface area (Å²) in [5, 5.41) is 10.7. The number of carbonyl (C=O) groups is 1. The fourth-order valence-corrected chi connectivity index (χ4v) is 1.79. The Morgan fingerprint density at radius 3 is 2.93 bits per heavy atom. The van der Waals surface area contributed by atoms with Crippen LogP contribution in [0.1, 0.15) is 16.1 Å². The Morgan fingerprint density at radius 2 is 2.43 bits per heavy atom. The summed E-state index contributed by atoms with van der Waals surface area (Å²) in [5.74, 6) is -0.941. The molecule has 2 heterocycles. The van der Waals surface area contributed by atoms with Gasteiger partial charge in [-0.15, -0.1) is 0 Å². The van der Waals surface area contributed by atoms with Crippen LogP contribution < -0.4 is 0 Å². The fourth-order valence-electron chi connectivity index (χ4n) is 1.27. The van der Waals surface area contributed by atoms with Gasteiger partial charge < -0.3 is 10.1 Å². The van der Waals surface area contributed by atoms with E-state index >= 15 is 0 Å². The molecule has 0 unspecified atom stereocenters. The maximum Gasteiger partial charge on any atom is 0.352 e. The molecule has 0 aliphatic rings. The topological polar surface area (TPSA) is 66.0 Å². The Hall–Kier alpha value is -1.62. The molecule has 2 aromatic heterocycles. The number of aromatic nitrogens is 2. The van der Waals surface area contributed by atoms with E-state index in [0.717, 1.165) is 17.0 Å². The molecule has 2 N–H and O–H groups in total. The van der Waals surface area contributed by atoms with Crippen LogP contribution in [-0.4, -0.2) is 20.4 Å². The quantitative estimate of drug-likeness (QED) is 0.794. The highest BCUT2D eigenvalue weighted by molar-refractivity contribution is 7.03. The van der Waals surface area contributed by atoms with Gasteiger partial charge >= 0.3 is 5.97 Å². The number of carboxylic acid groups (broad SMARTS) is 1. The maximum absolute atomic E-state index is 10.8. The number of hydrogen-bond acceptors (Lipinski definition) is 3. The van der Waals surface area contributed by atoms with Crippen LogP contribution in [0.4, 0.5) is 0 Å². The second-order valence-electron chi connectivity index (χ2n) is 2.93. The Kier molecular flexibility index (Phi) is 2.09. The number of nitrogens with one attached hydrogen (secondary N) is 1. The zero-order valence-corrected chi connectivity index (χ0v) is 8.26. The molecule has 0 saturated heterocycles. The standard InChI is InChI=1S/C9H8N2O2S/c1-5-4-7(6-2-3-14-11-6)10-8(5)9(12)13/h2-4,10H,1H3,(H,12,13). The highest BCUT2D eigenvalue weighted by atomic mass is 32.1. The average molecular weight is 208 g/mol. The van der Waals surface area contributed by atoms with Crippen LogP contribution in [0.15, 0.2) is 17.5 Å². The Labute approximate surface area is 84.4 Å². The van der Waals surface area contributed by atoms with Gasteiger partial charge in [0.25, 0.3) is 0 Å². The summed E-state index contributed by atoms with van der Waals surface area (Å²) in [6.07, 6.45) is 0. The first-order valence-electron chi connectivity index (χ1n) is 4.02. The zero-order valence-electron chi connectivity index (χ0n) is 7.44. The third-order valence-corrected chi connectivity index (χ3v) is 2.50. The molecule has 2 rings (SSSR count). The SMILES string of the molecule is Cc1cc(-c2ccsn2)[nH]c1C(=O)O. The third kappa shape index (κ3) is 1.42. The van der Waals surface area contributed by atoms with Gasteiger partial charge in [-0.05, 0) is 36.2 Å². The second kappa shape index (κ2) is 3.26. The van der Waals surface area contributed by atoms with Crippen molar-refractivity contribution in [3.8, 4) is 11.4 Å². The predicted octanol–water partition coefficient (Wildman–Crippen LogP) is 2.14. The van der Waals surface area contributed by atoms with Crippen molar-refractivity contribution in [2.75, 3.05) is 0 Å². The zero-order chi connectivity index (χ0) is 10.1. The van der Waals surface area contributed by atoms with Crippen molar-refractivity contribution in [2.45, 2.75) is 6.92 Å². The van der Waals surface area contributed by atoms with Gasteiger partial charge in [0.05, 0.1) is 5.69 Å². The lowest BCUT2D eigenvalue weighted by atomic mass is 10.2. The Balaban J connectivity index is 2.48. The molecule has 0 fully saturated rings. The van der Waals surface area contributed by atoms with Gasteiger partial charge in [0.2, 0.25) is 0 Å². The first-order valence-corrected chi connectivity index (χ1v) is 4.86. The summed E-state index contributed by atoms with van der Waals surface area (Å²) in [7, 11) is 0. The predicted molar refractivity (Wildman–Crippen MR) is 53.6 cm³/mol. The number of carboxylic acids is 1. The molecule has 2 aromatic rings. The van der Waals surface area contributed by atoms with Crippen molar-refractivity contribution in [1.29, 1.82) is 0 Å². The van der Waals surface area contributed by atoms with Crippen LogP contribution in [-0.2, 0) is 0 Å². The van der Waals surface area contributed by atoms with Crippen LogP contribution in [0.3, 0.4) is 0 Å². The number of nitrogens with zero attached hydrogens (tertiary/aromatic N) is 1. The van der Waals surface area contributed by atoms with E-state index in [1.807, 2.05) is 11.4 Å². The lowest BCUT2D eigenvalue weighted by Crippen LogP contribution is -1.98. The number of H-pyrrole nitrogens is 1. The van der Waals surface area contributed by atoms with E-state index in [2.05, 4.69) is 9.36 Å². The van der Waals surface area contributed by atoms with Crippen molar-refractivity contribution in [1.82, 2.24) is 9.36 Å². The third-order valence-electron chi connectivity index (χ3n) is 1.94. The normalized spacial score (nSPS) is 10.4. The van der Waals surface area contributed by atoms with Crippen molar-refractivity contribution in [2.24, 2.45) is 0 Å². The van der Waals surface area contributed by atoms with E-state index in [1.165, 1.54) is 11.5 Å². The van der Waals surface area contributed by atoms with E-state index in [0.29, 0.717) is 0 Å². The minimum absolute atomic E-state index is 0.230. The van der Waals surface area contributed by atoms with E-state index in [1.54, 1.807) is 13.0 Å². The average Bonchev–Trinajstić information content (AvgIpc) is 2.70. The van der Waals surface area contributed by atoms with Crippen molar-refractivity contribution in [3.63, 3.8) is 0 Å². The summed E-state index contributed by atoms with van der Waals surface area (Å²) >= 11 is 1.34. The number of rotatable bonds is 2. The van der Waals surface area contributed by atoms with E-state index in [9.17, 15) is 4.79 Å². The highest BCUT2D eigenvalue weighted by Crippen LogP contribution is 2.20. The van der Waals surface area contributed by atoms with Gasteiger partial charge in [-0.25, -0.2) is 4.79 Å². The first-order chi connectivity index (χ1) is 6.68. The molecule has 0 radical (unpaired) electrons. The van der Waals surface area contributed by atoms with E-state index in [-0.39, 0.29) is 5.69 Å². The van der Waals surface area contributed by atoms with Crippen molar-refractivity contribution >= 4 is 17.5 Å². The monoisotopic (exact) mass is 208 g/mol. The molecule has 0 aliphatic heterocycles. The molecule has 14 heavy (non-hydrogen) atoms. The summed E-state index contributed by atoms with van der Waals surface area (Å²) in [5.41, 5.74) is 2.49. The van der Waals surface area contributed by atoms with Crippen LogP contribution in [0.25, 0.3) is 11.4 Å². The largest absolute Gasteiger partial charge is 0.477 e. The molecule has 72 valence electrons. The van der Waals surface area contributed by atoms with Gasteiger partial charge in [0.15, 0.2) is 0 Å². The van der Waals surface area contributed by atoms with E-state index in [4.69, 9.17) is 5.11 Å². The molecule has 0 aliphatic carbocycles. The van der Waals surface area contributed by atoms with Crippen molar-refractivity contribution in [3.05, 3.63) is 28.8 Å². The number of hydrogen-bond donors (Lipinski definition) is 2. The first kappa shape index (κ1) is 8.96. The molecule has 0 aromatic carbocycles. The molecule has 5 heteroatoms. The lowest BCUT2D eigenvalue weighted by molar-refractivity contribution is 0.0690. The molecule has 0 amide bonds. The molecule has 0 bridgehead atoms. The summed E-state index contributed by atoms with van der Waals surface area (Å²) in [6, 6.07) is 3.64. The molecule has 0 saturated carbocycles. The molecule has 4 nitrogen and oxygen atoms in total. The summed E-state index contributed by atoms with van der Waals surface area (Å²) < 4.78 is 4.12. The summed E-state index contributed by atoms with van der Waals surface area (Å²) in [4.78, 5) is 13.6. The lowest BCUT2D eigenvalue weighted by Gasteiger charge is -1.90. The highest BCUT2D eigenvalue weighted by Gasteiger charge is 2.12. The van der Waals surface area contributed by atoms with Crippen LogP contribution in [0, 0.1) is 6.92 Å². The second-order valence-corrected chi connectivity index (χ2v) is 3.60. The number of aromatic amines is 1. The molecule has 0 atom stereocenters. The van der Waals surface area contributed by atoms with Gasteiger partial charge in [-0.2, -0.15) is 4.37 Å². The van der Waals surface area contributed by atoms with E-state index < -0.39 is 5.97 Å². The molecule has 0 spiro atoms. The van der Waals surface area contributed by atoms with Gasteiger partial charge in [-0.3, -0.25) is 0 Å². The van der Waals surface area contributed by atoms with Crippen molar-refractivity contribution < 1.29 is 9.90 Å². The van der Waals surface area contributed by atoms with Crippen LogP contribution in [0.2, 0.25) is 0 Å². The molecular formula is C9H8N2O2S. The Bertz CT molecular complexity index is 459. The van der Waals surface area contributed by atoms with Crippen LogP contribution >= 0.6 is 11.5 Å². The van der Waals surface area contributed by atoms with Crippen LogP contribution in [0.5, 0.6) is 0 Å². The van der Waals surface area contributed by atoms with Gasteiger partial charge in [0.1, 0.15) is 11.4 Å². The van der Waals surface area contributed by atoms with Gasteiger partial charge in [0, 0.05) is 5.38 Å². The van der Waals surface area contributed by atoms with Gasteiger partial charge in [-0.1, -0.05) is 0 Å². The number of aromatic carboxylic acids is 1. The minimum atomic E-state index is -0.941.